The minimum atomic E-state index is -0.461. The molecule has 20 heavy (non-hydrogen) atoms. The van der Waals surface area contributed by atoms with Gasteiger partial charge in [0.25, 0.3) is 5.69 Å². The molecule has 1 N–H and O–H groups in total. The lowest BCUT2D eigenvalue weighted by atomic mass is 10.1. The van der Waals surface area contributed by atoms with Gasteiger partial charge in [-0.25, -0.2) is 0 Å². The molecule has 0 unspecified atom stereocenters. The van der Waals surface area contributed by atoms with Crippen molar-refractivity contribution in [3.63, 3.8) is 0 Å². The van der Waals surface area contributed by atoms with E-state index >= 15 is 0 Å². The first-order valence-corrected chi connectivity index (χ1v) is 6.15. The molecule has 100 valence electrons. The van der Waals surface area contributed by atoms with Crippen LogP contribution in [0.15, 0.2) is 42.5 Å². The van der Waals surface area contributed by atoms with Gasteiger partial charge in [-0.15, -0.1) is 0 Å². The maximum Gasteiger partial charge on any atom is 0.292 e. The summed E-state index contributed by atoms with van der Waals surface area (Å²) in [4.78, 5) is 10.5. The van der Waals surface area contributed by atoms with Gasteiger partial charge in [-0.3, -0.25) is 10.1 Å². The zero-order valence-electron chi connectivity index (χ0n) is 10.3. The van der Waals surface area contributed by atoms with Gasteiger partial charge in [-0.2, -0.15) is 5.26 Å². The number of hydrogen-bond donors (Lipinski definition) is 1. The maximum atomic E-state index is 10.9. The van der Waals surface area contributed by atoms with Gasteiger partial charge in [-0.05, 0) is 29.8 Å². The molecule has 0 heterocycles. The summed E-state index contributed by atoms with van der Waals surface area (Å²) in [6.07, 6.45) is 0. The Morgan fingerprint density at radius 1 is 1.25 bits per heavy atom. The highest BCUT2D eigenvalue weighted by atomic mass is 35.5. The van der Waals surface area contributed by atoms with Gasteiger partial charge in [0, 0.05) is 17.6 Å². The zero-order chi connectivity index (χ0) is 14.5. The van der Waals surface area contributed by atoms with Crippen molar-refractivity contribution < 1.29 is 4.92 Å². The zero-order valence-corrected chi connectivity index (χ0v) is 11.1. The van der Waals surface area contributed by atoms with Gasteiger partial charge >= 0.3 is 0 Å². The summed E-state index contributed by atoms with van der Waals surface area (Å²) in [7, 11) is 0. The largest absolute Gasteiger partial charge is 0.375 e. The number of nitriles is 1. The predicted octanol–water partition coefficient (Wildman–Crippen LogP) is 3.73. The second kappa shape index (κ2) is 6.04. The Morgan fingerprint density at radius 2 is 1.95 bits per heavy atom. The average molecular weight is 288 g/mol. The fourth-order valence-corrected chi connectivity index (χ4v) is 1.88. The second-order valence-electron chi connectivity index (χ2n) is 4.08. The van der Waals surface area contributed by atoms with Crippen LogP contribution in [-0.4, -0.2) is 4.92 Å². The van der Waals surface area contributed by atoms with Crippen molar-refractivity contribution in [3.8, 4) is 6.07 Å². The van der Waals surface area contributed by atoms with Crippen LogP contribution in [0.4, 0.5) is 11.4 Å². The summed E-state index contributed by atoms with van der Waals surface area (Å²) >= 11 is 5.84. The molecule has 0 amide bonds. The monoisotopic (exact) mass is 287 g/mol. The summed E-state index contributed by atoms with van der Waals surface area (Å²) in [5, 5.41) is 23.0. The smallest absolute Gasteiger partial charge is 0.292 e. The lowest BCUT2D eigenvalue weighted by molar-refractivity contribution is -0.384. The van der Waals surface area contributed by atoms with Crippen LogP contribution in [0, 0.1) is 21.4 Å². The van der Waals surface area contributed by atoms with Crippen molar-refractivity contribution in [2.75, 3.05) is 5.32 Å². The van der Waals surface area contributed by atoms with Gasteiger partial charge < -0.3 is 5.32 Å². The lowest BCUT2D eigenvalue weighted by Gasteiger charge is -2.07. The van der Waals surface area contributed by atoms with E-state index in [2.05, 4.69) is 5.32 Å². The van der Waals surface area contributed by atoms with Crippen LogP contribution in [0.2, 0.25) is 5.02 Å². The normalized spacial score (nSPS) is 9.80. The van der Waals surface area contributed by atoms with E-state index in [1.165, 1.54) is 18.2 Å². The Bertz CT molecular complexity index is 678. The van der Waals surface area contributed by atoms with Crippen molar-refractivity contribution >= 4 is 23.0 Å². The van der Waals surface area contributed by atoms with E-state index in [0.717, 1.165) is 5.56 Å². The topological polar surface area (TPSA) is 79.0 Å². The molecule has 0 saturated carbocycles. The molecular weight excluding hydrogens is 278 g/mol. The van der Waals surface area contributed by atoms with Gasteiger partial charge in [0.15, 0.2) is 0 Å². The highest BCUT2D eigenvalue weighted by Crippen LogP contribution is 2.28. The van der Waals surface area contributed by atoms with Crippen molar-refractivity contribution in [1.29, 1.82) is 5.26 Å². The van der Waals surface area contributed by atoms with E-state index in [1.54, 1.807) is 24.3 Å². The minimum absolute atomic E-state index is 0.0250. The second-order valence-corrected chi connectivity index (χ2v) is 4.52. The first-order chi connectivity index (χ1) is 9.60. The van der Waals surface area contributed by atoms with E-state index < -0.39 is 4.92 Å². The average Bonchev–Trinajstić information content (AvgIpc) is 2.45. The maximum absolute atomic E-state index is 10.9. The van der Waals surface area contributed by atoms with E-state index in [4.69, 9.17) is 16.9 Å². The molecule has 2 rings (SSSR count). The SMILES string of the molecule is N#Cc1ccc(CNc2cc(Cl)ccc2[N+](=O)[O-])cc1. The Morgan fingerprint density at radius 3 is 2.55 bits per heavy atom. The van der Waals surface area contributed by atoms with Crippen molar-refractivity contribution in [1.82, 2.24) is 0 Å². The van der Waals surface area contributed by atoms with Crippen LogP contribution < -0.4 is 5.32 Å². The molecule has 0 aliphatic rings. The standard InChI is InChI=1S/C14H10ClN3O2/c15-12-5-6-14(18(19)20)13(7-12)17-9-11-3-1-10(8-16)2-4-11/h1-7,17H,9H2. The molecule has 2 aromatic rings. The van der Waals surface area contributed by atoms with Crippen molar-refractivity contribution in [3.05, 3.63) is 68.7 Å². The fourth-order valence-electron chi connectivity index (χ4n) is 1.70. The fraction of sp³-hybridized carbons (Fsp3) is 0.0714. The molecule has 0 spiro atoms. The van der Waals surface area contributed by atoms with E-state index in [9.17, 15) is 10.1 Å². The van der Waals surface area contributed by atoms with Gasteiger partial charge in [0.2, 0.25) is 0 Å². The Hall–Kier alpha value is -2.58. The third-order valence-electron chi connectivity index (χ3n) is 2.72. The molecule has 0 aliphatic heterocycles. The molecule has 0 aliphatic carbocycles. The predicted molar refractivity (Wildman–Crippen MR) is 76.6 cm³/mol. The number of nitrogens with zero attached hydrogens (tertiary/aromatic N) is 2. The first kappa shape index (κ1) is 13.8. The van der Waals surface area contributed by atoms with Crippen LogP contribution in [0.3, 0.4) is 0 Å². The molecule has 0 fully saturated rings. The summed E-state index contributed by atoms with van der Waals surface area (Å²) in [6, 6.07) is 13.4. The summed E-state index contributed by atoms with van der Waals surface area (Å²) in [6.45, 7) is 0.410. The number of rotatable bonds is 4. The third-order valence-corrected chi connectivity index (χ3v) is 2.96. The molecule has 0 atom stereocenters. The molecular formula is C14H10ClN3O2. The summed E-state index contributed by atoms with van der Waals surface area (Å²) < 4.78 is 0. The highest BCUT2D eigenvalue weighted by Gasteiger charge is 2.13. The number of nitro benzene ring substituents is 1. The van der Waals surface area contributed by atoms with E-state index in [-0.39, 0.29) is 5.69 Å². The summed E-state index contributed by atoms with van der Waals surface area (Å²) in [5.41, 5.74) is 1.83. The number of benzene rings is 2. The Balaban J connectivity index is 2.15. The molecule has 2 aromatic carbocycles. The Labute approximate surface area is 120 Å². The molecule has 5 nitrogen and oxygen atoms in total. The molecule has 0 aromatic heterocycles. The number of halogens is 1. The van der Waals surface area contributed by atoms with Crippen LogP contribution >= 0.6 is 11.6 Å². The minimum Gasteiger partial charge on any atom is -0.375 e. The van der Waals surface area contributed by atoms with E-state index in [0.29, 0.717) is 22.8 Å². The first-order valence-electron chi connectivity index (χ1n) is 5.77. The third kappa shape index (κ3) is 3.25. The van der Waals surface area contributed by atoms with Gasteiger partial charge in [0.05, 0.1) is 16.6 Å². The number of nitro groups is 1. The van der Waals surface area contributed by atoms with Crippen LogP contribution in [-0.2, 0) is 6.54 Å². The lowest BCUT2D eigenvalue weighted by Crippen LogP contribution is -2.02. The van der Waals surface area contributed by atoms with Crippen LogP contribution in [0.5, 0.6) is 0 Å². The Kier molecular flexibility index (Phi) is 4.18. The highest BCUT2D eigenvalue weighted by molar-refractivity contribution is 6.31. The summed E-state index contributed by atoms with van der Waals surface area (Å²) in [5.74, 6) is 0. The van der Waals surface area contributed by atoms with Crippen molar-refractivity contribution in [2.24, 2.45) is 0 Å². The van der Waals surface area contributed by atoms with Crippen molar-refractivity contribution in [2.45, 2.75) is 6.54 Å². The number of nitrogens with one attached hydrogen (secondary N) is 1. The number of hydrogen-bond acceptors (Lipinski definition) is 4. The molecule has 0 bridgehead atoms. The van der Waals surface area contributed by atoms with E-state index in [1.807, 2.05) is 6.07 Å². The molecule has 6 heteroatoms. The van der Waals surface area contributed by atoms with Crippen LogP contribution in [0.25, 0.3) is 0 Å². The van der Waals surface area contributed by atoms with Crippen LogP contribution in [0.1, 0.15) is 11.1 Å². The molecule has 0 saturated heterocycles. The van der Waals surface area contributed by atoms with Gasteiger partial charge in [0.1, 0.15) is 5.69 Å². The number of anilines is 1. The van der Waals surface area contributed by atoms with Gasteiger partial charge in [-0.1, -0.05) is 23.7 Å². The molecule has 0 radical (unpaired) electrons. The quantitative estimate of drug-likeness (QED) is 0.686.